The van der Waals surface area contributed by atoms with Crippen LogP contribution >= 0.6 is 58.5 Å². The molecule has 1 fully saturated rings. The number of fused-ring (bicyclic) bond motifs is 1. The van der Waals surface area contributed by atoms with Crippen molar-refractivity contribution in [3.63, 3.8) is 0 Å². The van der Waals surface area contributed by atoms with Crippen LogP contribution in [-0.2, 0) is 20.9 Å². The number of benzene rings is 1. The number of aliphatic carboxylic acids is 1. The van der Waals surface area contributed by atoms with Gasteiger partial charge in [-0.3, -0.25) is 14.5 Å². The zero-order chi connectivity index (χ0) is 27.4. The summed E-state index contributed by atoms with van der Waals surface area (Å²) >= 11 is 16.2. The maximum atomic E-state index is 12.9. The van der Waals surface area contributed by atoms with E-state index >= 15 is 0 Å². The Morgan fingerprint density at radius 2 is 1.97 bits per heavy atom. The first kappa shape index (κ1) is 29.1. The minimum Gasteiger partial charge on any atom is -0.477 e. The van der Waals surface area contributed by atoms with Crippen molar-refractivity contribution in [2.45, 2.75) is 33.9 Å². The maximum absolute atomic E-state index is 12.9. The molecule has 1 saturated heterocycles. The van der Waals surface area contributed by atoms with Gasteiger partial charge in [0.25, 0.3) is 5.91 Å². The van der Waals surface area contributed by atoms with E-state index in [1.807, 2.05) is 29.1 Å². The highest BCUT2D eigenvalue weighted by atomic mass is 35.5. The van der Waals surface area contributed by atoms with Gasteiger partial charge in [0.15, 0.2) is 18.9 Å². The molecule has 0 radical (unpaired) electrons. The highest BCUT2D eigenvalue weighted by molar-refractivity contribution is 8.01. The van der Waals surface area contributed by atoms with Crippen molar-refractivity contribution in [1.29, 1.82) is 0 Å². The number of nitrogens with one attached hydrogen (secondary N) is 1. The molecule has 2 aromatic rings. The minimum atomic E-state index is -1.17. The summed E-state index contributed by atoms with van der Waals surface area (Å²) in [6.45, 7) is 0.556. The highest BCUT2D eigenvalue weighted by Crippen LogP contribution is 2.41. The number of carboxylic acid groups (broad SMARTS) is 1. The molecular formula is C24H25Cl2N4O5S3+. The summed E-state index contributed by atoms with van der Waals surface area (Å²) < 4.78 is 1.82. The zero-order valence-electron chi connectivity index (χ0n) is 19.9. The van der Waals surface area contributed by atoms with Crippen LogP contribution in [0, 0.1) is 0 Å². The molecule has 2 aliphatic rings. The van der Waals surface area contributed by atoms with Gasteiger partial charge < -0.3 is 21.3 Å². The van der Waals surface area contributed by atoms with Gasteiger partial charge in [-0.05, 0) is 23.8 Å². The summed E-state index contributed by atoms with van der Waals surface area (Å²) in [5.41, 5.74) is 6.07. The second-order valence-corrected chi connectivity index (χ2v) is 12.5. The first-order chi connectivity index (χ1) is 18.2. The number of carbonyl (C=O) groups is 3. The molecule has 0 saturated carbocycles. The molecule has 2 amide bonds. The van der Waals surface area contributed by atoms with Gasteiger partial charge in [0, 0.05) is 45.0 Å². The van der Waals surface area contributed by atoms with E-state index in [0.29, 0.717) is 38.6 Å². The van der Waals surface area contributed by atoms with Crippen molar-refractivity contribution in [2.75, 3.05) is 23.8 Å². The number of β-lactam (4-membered cyclic amide) rings is 1. The quantitative estimate of drug-likeness (QED) is 0.170. The Labute approximate surface area is 242 Å². The van der Waals surface area contributed by atoms with Crippen LogP contribution in [0.4, 0.5) is 0 Å². The van der Waals surface area contributed by atoms with E-state index in [1.165, 1.54) is 40.2 Å². The van der Waals surface area contributed by atoms with Crippen molar-refractivity contribution in [1.82, 2.24) is 10.2 Å². The van der Waals surface area contributed by atoms with E-state index in [4.69, 9.17) is 28.9 Å². The number of nitrogens with two attached hydrogens (primary N) is 1. The van der Waals surface area contributed by atoms with Crippen LogP contribution in [0.15, 0.2) is 63.8 Å². The number of rotatable bonds is 11. The largest absolute Gasteiger partial charge is 0.477 e. The van der Waals surface area contributed by atoms with Crippen LogP contribution in [0.1, 0.15) is 0 Å². The Morgan fingerprint density at radius 1 is 1.24 bits per heavy atom. The third-order valence-corrected chi connectivity index (χ3v) is 9.96. The van der Waals surface area contributed by atoms with Crippen molar-refractivity contribution in [3.8, 4) is 0 Å². The molecule has 1 aromatic heterocycles. The molecule has 0 aliphatic carbocycles. The second kappa shape index (κ2) is 12.9. The predicted octanol–water partition coefficient (Wildman–Crippen LogP) is 2.22. The first-order valence-corrected chi connectivity index (χ1v) is 15.2. The van der Waals surface area contributed by atoms with Crippen LogP contribution in [-0.4, -0.2) is 74.2 Å². The molecule has 1 unspecified atom stereocenters. The van der Waals surface area contributed by atoms with Crippen molar-refractivity contribution in [2.24, 2.45) is 5.73 Å². The molecule has 0 spiro atoms. The molecule has 3 heterocycles. The third kappa shape index (κ3) is 6.79. The van der Waals surface area contributed by atoms with Gasteiger partial charge in [-0.1, -0.05) is 23.2 Å². The molecule has 1 aromatic carbocycles. The molecule has 14 heteroatoms. The van der Waals surface area contributed by atoms with E-state index in [-0.39, 0.29) is 23.9 Å². The topological polar surface area (TPSA) is 137 Å². The Morgan fingerprint density at radius 3 is 2.66 bits per heavy atom. The number of aliphatic hydroxyl groups excluding tert-OH is 1. The lowest BCUT2D eigenvalue weighted by atomic mass is 10.0. The molecule has 5 N–H and O–H groups in total. The fourth-order valence-electron chi connectivity index (χ4n) is 3.89. The summed E-state index contributed by atoms with van der Waals surface area (Å²) in [6, 6.07) is 7.93. The summed E-state index contributed by atoms with van der Waals surface area (Å²) in [5.74, 6) is -1.11. The number of nitrogens with zero attached hydrogens (tertiary/aromatic N) is 2. The average molecular weight is 617 g/mol. The summed E-state index contributed by atoms with van der Waals surface area (Å²) in [4.78, 5) is 40.4. The van der Waals surface area contributed by atoms with Crippen molar-refractivity contribution in [3.05, 3.63) is 64.0 Å². The Balaban J connectivity index is 1.35. The van der Waals surface area contributed by atoms with E-state index in [9.17, 15) is 24.6 Å². The van der Waals surface area contributed by atoms with Gasteiger partial charge in [-0.25, -0.2) is 9.36 Å². The van der Waals surface area contributed by atoms with Crippen LogP contribution in [0.5, 0.6) is 0 Å². The lowest BCUT2D eigenvalue weighted by Gasteiger charge is -2.49. The monoisotopic (exact) mass is 615 g/mol. The predicted molar refractivity (Wildman–Crippen MR) is 149 cm³/mol. The third-order valence-electron chi connectivity index (χ3n) is 5.79. The highest BCUT2D eigenvalue weighted by Gasteiger charge is 2.54. The van der Waals surface area contributed by atoms with Crippen LogP contribution in [0.2, 0.25) is 10.0 Å². The number of hydrogen-bond donors (Lipinski definition) is 4. The molecule has 4 rings (SSSR count). The first-order valence-electron chi connectivity index (χ1n) is 11.4. The number of aromatic nitrogens is 1. The van der Waals surface area contributed by atoms with E-state index in [1.54, 1.807) is 18.2 Å². The fraction of sp³-hybridized carbons (Fsp3) is 0.333. The molecule has 38 heavy (non-hydrogen) atoms. The molecule has 3 atom stereocenters. The number of amides is 2. The Bertz CT molecular complexity index is 1260. The number of thioether (sulfide) groups is 3. The summed E-state index contributed by atoms with van der Waals surface area (Å²) in [6.07, 6.45) is 3.02. The van der Waals surface area contributed by atoms with Gasteiger partial charge >= 0.3 is 5.97 Å². The molecule has 0 bridgehead atoms. The van der Waals surface area contributed by atoms with Gasteiger partial charge in [0.1, 0.15) is 23.2 Å². The van der Waals surface area contributed by atoms with Crippen molar-refractivity contribution < 1.29 is 29.2 Å². The Hall–Kier alpha value is -1.93. The summed E-state index contributed by atoms with van der Waals surface area (Å²) in [7, 11) is 0. The SMILES string of the molecule is NCC(O)C[n+]1ccc(SCC2=C(C(=O)O)N3C(=O)[C@H](NC(=O)CSc4cc(Cl)ccc4Cl)[C@H]3SC2)cc1. The number of pyridine rings is 1. The number of carbonyl (C=O) groups excluding carboxylic acids is 2. The molecular weight excluding hydrogens is 591 g/mol. The fourth-order valence-corrected chi connectivity index (χ4v) is 7.56. The number of halogens is 2. The smallest absolute Gasteiger partial charge is 0.352 e. The second-order valence-electron chi connectivity index (χ2n) is 8.48. The minimum absolute atomic E-state index is 0.0195. The maximum Gasteiger partial charge on any atom is 0.352 e. The molecule has 2 aliphatic heterocycles. The lowest BCUT2D eigenvalue weighted by molar-refractivity contribution is -0.703. The van der Waals surface area contributed by atoms with Crippen LogP contribution < -0.4 is 15.6 Å². The van der Waals surface area contributed by atoms with E-state index < -0.39 is 29.4 Å². The normalized spacial score (nSPS) is 19.6. The van der Waals surface area contributed by atoms with Gasteiger partial charge in [-0.2, -0.15) is 0 Å². The van der Waals surface area contributed by atoms with Gasteiger partial charge in [0.2, 0.25) is 5.91 Å². The summed E-state index contributed by atoms with van der Waals surface area (Å²) in [5, 5.41) is 22.8. The van der Waals surface area contributed by atoms with E-state index in [2.05, 4.69) is 5.32 Å². The van der Waals surface area contributed by atoms with Gasteiger partial charge in [-0.15, -0.1) is 35.3 Å². The van der Waals surface area contributed by atoms with Crippen LogP contribution in [0.3, 0.4) is 0 Å². The zero-order valence-corrected chi connectivity index (χ0v) is 23.8. The average Bonchev–Trinajstić information content (AvgIpc) is 2.90. The molecule has 202 valence electrons. The van der Waals surface area contributed by atoms with Gasteiger partial charge in [0.05, 0.1) is 10.8 Å². The van der Waals surface area contributed by atoms with E-state index in [0.717, 1.165) is 4.90 Å². The van der Waals surface area contributed by atoms with Crippen LogP contribution in [0.25, 0.3) is 0 Å². The molecule has 9 nitrogen and oxygen atoms in total. The number of aliphatic hydroxyl groups is 1. The van der Waals surface area contributed by atoms with Crippen molar-refractivity contribution >= 4 is 76.3 Å². The number of carboxylic acids is 1. The Kier molecular flexibility index (Phi) is 9.90. The number of hydrogen-bond acceptors (Lipinski definition) is 8. The standard InChI is InChI=1S/C24H24Cl2N4O5S3/c25-14-1-2-17(26)18(7-14)37-12-19(32)28-20-22(33)30-21(24(34)35)13(11-38-23(20)30)10-36-16-3-5-29(6-4-16)9-15(31)8-27/h1-7,15,20,23,31H,8-12,27H2,(H-,28,32,34,35)/p+1/t15?,20-,23+/m0/s1. The lowest BCUT2D eigenvalue weighted by Crippen LogP contribution is -2.70.